The SMILES string of the molecule is Cc1c(Br)ccc(=O)n1CC#N. The first-order valence-corrected chi connectivity index (χ1v) is 4.19. The van der Waals surface area contributed by atoms with Gasteiger partial charge < -0.3 is 0 Å². The van der Waals surface area contributed by atoms with E-state index >= 15 is 0 Å². The number of nitriles is 1. The average molecular weight is 227 g/mol. The molecule has 1 rings (SSSR count). The lowest BCUT2D eigenvalue weighted by molar-refractivity contribution is 0.751. The normalized spacial score (nSPS) is 9.42. The van der Waals surface area contributed by atoms with Crippen LogP contribution in [0.15, 0.2) is 21.4 Å². The molecular weight excluding hydrogens is 220 g/mol. The van der Waals surface area contributed by atoms with Crippen molar-refractivity contribution in [2.75, 3.05) is 0 Å². The van der Waals surface area contributed by atoms with Gasteiger partial charge in [0.1, 0.15) is 6.54 Å². The molecule has 0 spiro atoms. The second-order valence-corrected chi connectivity index (χ2v) is 3.20. The molecule has 12 heavy (non-hydrogen) atoms. The molecule has 0 N–H and O–H groups in total. The monoisotopic (exact) mass is 226 g/mol. The van der Waals surface area contributed by atoms with Crippen LogP contribution >= 0.6 is 15.9 Å². The number of hydrogen-bond donors (Lipinski definition) is 0. The molecule has 0 aliphatic heterocycles. The minimum Gasteiger partial charge on any atom is -0.298 e. The lowest BCUT2D eigenvalue weighted by atomic mass is 10.3. The van der Waals surface area contributed by atoms with Gasteiger partial charge in [0.25, 0.3) is 5.56 Å². The van der Waals surface area contributed by atoms with Crippen molar-refractivity contribution in [2.24, 2.45) is 0 Å². The van der Waals surface area contributed by atoms with Crippen molar-refractivity contribution in [1.29, 1.82) is 5.26 Å². The highest BCUT2D eigenvalue weighted by atomic mass is 79.9. The van der Waals surface area contributed by atoms with Crippen LogP contribution in [-0.2, 0) is 6.54 Å². The Hall–Kier alpha value is -1.08. The molecule has 1 aromatic rings. The Labute approximate surface area is 78.4 Å². The van der Waals surface area contributed by atoms with Gasteiger partial charge in [0, 0.05) is 16.2 Å². The molecule has 0 bridgehead atoms. The van der Waals surface area contributed by atoms with Crippen LogP contribution in [0.5, 0.6) is 0 Å². The fraction of sp³-hybridized carbons (Fsp3) is 0.250. The van der Waals surface area contributed by atoms with E-state index in [1.807, 2.05) is 6.07 Å². The molecule has 4 heteroatoms. The van der Waals surface area contributed by atoms with Crippen LogP contribution in [-0.4, -0.2) is 4.57 Å². The first-order chi connectivity index (χ1) is 5.66. The van der Waals surface area contributed by atoms with Gasteiger partial charge in [-0.25, -0.2) is 0 Å². The zero-order valence-corrected chi connectivity index (χ0v) is 8.13. The molecule has 0 radical (unpaired) electrons. The Morgan fingerprint density at radius 1 is 1.67 bits per heavy atom. The van der Waals surface area contributed by atoms with Crippen LogP contribution in [0.1, 0.15) is 5.69 Å². The van der Waals surface area contributed by atoms with Gasteiger partial charge in [-0.05, 0) is 28.9 Å². The summed E-state index contributed by atoms with van der Waals surface area (Å²) in [6.07, 6.45) is 0. The summed E-state index contributed by atoms with van der Waals surface area (Å²) >= 11 is 3.28. The Morgan fingerprint density at radius 3 is 2.92 bits per heavy atom. The predicted molar refractivity (Wildman–Crippen MR) is 48.8 cm³/mol. The molecule has 1 aromatic heterocycles. The van der Waals surface area contributed by atoms with Crippen LogP contribution in [0, 0.1) is 18.3 Å². The second kappa shape index (κ2) is 3.55. The molecule has 62 valence electrons. The second-order valence-electron chi connectivity index (χ2n) is 2.35. The van der Waals surface area contributed by atoms with E-state index in [-0.39, 0.29) is 12.1 Å². The van der Waals surface area contributed by atoms with Crippen molar-refractivity contribution in [3.63, 3.8) is 0 Å². The fourth-order valence-electron chi connectivity index (χ4n) is 0.916. The fourth-order valence-corrected chi connectivity index (χ4v) is 1.26. The lowest BCUT2D eigenvalue weighted by Gasteiger charge is -2.05. The van der Waals surface area contributed by atoms with Gasteiger partial charge in [-0.1, -0.05) is 0 Å². The molecule has 0 aliphatic carbocycles. The van der Waals surface area contributed by atoms with Crippen molar-refractivity contribution >= 4 is 15.9 Å². The number of pyridine rings is 1. The van der Waals surface area contributed by atoms with Crippen LogP contribution in [0.25, 0.3) is 0 Å². The van der Waals surface area contributed by atoms with Gasteiger partial charge >= 0.3 is 0 Å². The number of halogens is 1. The standard InChI is InChI=1S/C8H7BrN2O/c1-6-7(9)2-3-8(12)11(6)5-4-10/h2-3H,5H2,1H3. The summed E-state index contributed by atoms with van der Waals surface area (Å²) in [5.74, 6) is 0. The summed E-state index contributed by atoms with van der Waals surface area (Å²) in [5.41, 5.74) is 0.640. The molecule has 0 unspecified atom stereocenters. The third-order valence-electron chi connectivity index (χ3n) is 1.62. The van der Waals surface area contributed by atoms with Gasteiger partial charge in [-0.15, -0.1) is 0 Å². The smallest absolute Gasteiger partial charge is 0.251 e. The third kappa shape index (κ3) is 1.56. The van der Waals surface area contributed by atoms with Crippen LogP contribution in [0.3, 0.4) is 0 Å². The van der Waals surface area contributed by atoms with Gasteiger partial charge in [0.2, 0.25) is 0 Å². The molecule has 0 amide bonds. The minimum absolute atomic E-state index is 0.101. The number of aromatic nitrogens is 1. The Morgan fingerprint density at radius 2 is 2.33 bits per heavy atom. The maximum absolute atomic E-state index is 11.2. The summed E-state index contributed by atoms with van der Waals surface area (Å²) in [6.45, 7) is 1.90. The number of nitrogens with zero attached hydrogens (tertiary/aromatic N) is 2. The van der Waals surface area contributed by atoms with E-state index in [0.717, 1.165) is 10.2 Å². The summed E-state index contributed by atoms with van der Waals surface area (Å²) in [5, 5.41) is 8.43. The number of rotatable bonds is 1. The Balaban J connectivity index is 3.35. The molecule has 3 nitrogen and oxygen atoms in total. The molecule has 1 heterocycles. The molecule has 0 saturated carbocycles. The largest absolute Gasteiger partial charge is 0.298 e. The molecular formula is C8H7BrN2O. The van der Waals surface area contributed by atoms with Crippen molar-refractivity contribution in [3.8, 4) is 6.07 Å². The van der Waals surface area contributed by atoms with Crippen molar-refractivity contribution in [3.05, 3.63) is 32.7 Å². The molecule has 0 saturated heterocycles. The summed E-state index contributed by atoms with van der Waals surface area (Å²) in [7, 11) is 0. The van der Waals surface area contributed by atoms with Crippen molar-refractivity contribution in [2.45, 2.75) is 13.5 Å². The third-order valence-corrected chi connectivity index (χ3v) is 2.46. The first-order valence-electron chi connectivity index (χ1n) is 3.39. The van der Waals surface area contributed by atoms with Gasteiger partial charge in [0.15, 0.2) is 0 Å². The lowest BCUT2D eigenvalue weighted by Crippen LogP contribution is -2.20. The molecule has 0 atom stereocenters. The molecule has 0 fully saturated rings. The maximum atomic E-state index is 11.2. The first kappa shape index (κ1) is 9.01. The molecule has 0 aliphatic rings. The van der Waals surface area contributed by atoms with Crippen molar-refractivity contribution in [1.82, 2.24) is 4.57 Å². The van der Waals surface area contributed by atoms with Crippen LogP contribution in [0.2, 0.25) is 0 Å². The predicted octanol–water partition coefficient (Wildman–Crippen LogP) is 1.44. The minimum atomic E-state index is -0.141. The van der Waals surface area contributed by atoms with E-state index in [1.165, 1.54) is 10.6 Å². The van der Waals surface area contributed by atoms with E-state index in [4.69, 9.17) is 5.26 Å². The van der Waals surface area contributed by atoms with Gasteiger partial charge in [-0.3, -0.25) is 9.36 Å². The highest BCUT2D eigenvalue weighted by Gasteiger charge is 2.01. The summed E-state index contributed by atoms with van der Waals surface area (Å²) in [4.78, 5) is 11.2. The average Bonchev–Trinajstić information content (AvgIpc) is 2.06. The van der Waals surface area contributed by atoms with E-state index in [2.05, 4.69) is 15.9 Å². The number of hydrogen-bond acceptors (Lipinski definition) is 2. The van der Waals surface area contributed by atoms with E-state index in [1.54, 1.807) is 13.0 Å². The zero-order chi connectivity index (χ0) is 9.14. The Kier molecular flexibility index (Phi) is 2.66. The van der Waals surface area contributed by atoms with Crippen LogP contribution in [0.4, 0.5) is 0 Å². The Bertz CT molecular complexity index is 389. The van der Waals surface area contributed by atoms with E-state index in [0.29, 0.717) is 0 Å². The quantitative estimate of drug-likeness (QED) is 0.728. The summed E-state index contributed by atoms with van der Waals surface area (Å²) in [6, 6.07) is 5.06. The highest BCUT2D eigenvalue weighted by molar-refractivity contribution is 9.10. The topological polar surface area (TPSA) is 45.8 Å². The van der Waals surface area contributed by atoms with Gasteiger partial charge in [0.05, 0.1) is 6.07 Å². The van der Waals surface area contributed by atoms with E-state index < -0.39 is 0 Å². The van der Waals surface area contributed by atoms with E-state index in [9.17, 15) is 4.79 Å². The van der Waals surface area contributed by atoms with Crippen LogP contribution < -0.4 is 5.56 Å². The highest BCUT2D eigenvalue weighted by Crippen LogP contribution is 2.12. The zero-order valence-electron chi connectivity index (χ0n) is 6.54. The summed E-state index contributed by atoms with van der Waals surface area (Å²) < 4.78 is 2.27. The van der Waals surface area contributed by atoms with Gasteiger partial charge in [-0.2, -0.15) is 5.26 Å². The maximum Gasteiger partial charge on any atom is 0.251 e. The van der Waals surface area contributed by atoms with Crippen molar-refractivity contribution < 1.29 is 0 Å². The molecule has 0 aromatic carbocycles.